The second-order valence-corrected chi connectivity index (χ2v) is 8.27. The van der Waals surface area contributed by atoms with Crippen molar-refractivity contribution in [1.82, 2.24) is 5.01 Å². The standard InChI is InChI=1S/C26H23ClN2O2/c1-3-14-30-21-11-8-18(9-12-21)23-16-24-22-15-20(27)10-13-25(22)31-26(29(24)28-23)19-6-4-17(2)5-7-19/h3-13,15,24,26H,1,14,16H2,2H3/t24-,26+/m1/s1. The highest BCUT2D eigenvalue weighted by molar-refractivity contribution is 6.30. The van der Waals surface area contributed by atoms with Crippen molar-refractivity contribution in [2.45, 2.75) is 25.6 Å². The normalized spacial score (nSPS) is 19.2. The molecule has 0 unspecified atom stereocenters. The van der Waals surface area contributed by atoms with E-state index in [1.54, 1.807) is 6.08 Å². The summed E-state index contributed by atoms with van der Waals surface area (Å²) >= 11 is 6.32. The summed E-state index contributed by atoms with van der Waals surface area (Å²) in [4.78, 5) is 0. The van der Waals surface area contributed by atoms with Crippen LogP contribution in [0.3, 0.4) is 0 Å². The molecule has 2 heterocycles. The monoisotopic (exact) mass is 430 g/mol. The first-order valence-electron chi connectivity index (χ1n) is 10.3. The fourth-order valence-electron chi connectivity index (χ4n) is 4.08. The molecule has 0 fully saturated rings. The van der Waals surface area contributed by atoms with Gasteiger partial charge in [-0.1, -0.05) is 54.1 Å². The first-order valence-corrected chi connectivity index (χ1v) is 10.7. The molecule has 0 aromatic heterocycles. The van der Waals surface area contributed by atoms with Gasteiger partial charge in [-0.25, -0.2) is 5.01 Å². The van der Waals surface area contributed by atoms with Crippen molar-refractivity contribution in [3.8, 4) is 11.5 Å². The average molecular weight is 431 g/mol. The van der Waals surface area contributed by atoms with Crippen molar-refractivity contribution in [3.05, 3.63) is 107 Å². The minimum Gasteiger partial charge on any atom is -0.490 e. The molecule has 2 aliphatic rings. The van der Waals surface area contributed by atoms with Gasteiger partial charge in [0, 0.05) is 22.6 Å². The summed E-state index contributed by atoms with van der Waals surface area (Å²) in [5, 5.41) is 7.78. The van der Waals surface area contributed by atoms with E-state index < -0.39 is 0 Å². The number of aryl methyl sites for hydroxylation is 1. The molecule has 4 nitrogen and oxygen atoms in total. The molecule has 3 aromatic carbocycles. The van der Waals surface area contributed by atoms with Gasteiger partial charge in [0.15, 0.2) is 0 Å². The Balaban J connectivity index is 1.51. The van der Waals surface area contributed by atoms with Crippen LogP contribution in [0.4, 0.5) is 0 Å². The van der Waals surface area contributed by atoms with Crippen LogP contribution in [0.15, 0.2) is 84.5 Å². The van der Waals surface area contributed by atoms with Crippen LogP contribution in [-0.2, 0) is 0 Å². The minimum absolute atomic E-state index is 0.0699. The zero-order valence-electron chi connectivity index (χ0n) is 17.3. The molecule has 5 heteroatoms. The first kappa shape index (κ1) is 19.7. The summed E-state index contributed by atoms with van der Waals surface area (Å²) in [6, 6.07) is 22.4. The van der Waals surface area contributed by atoms with Gasteiger partial charge in [-0.05, 0) is 55.0 Å². The Morgan fingerprint density at radius 2 is 1.90 bits per heavy atom. The molecule has 0 N–H and O–H groups in total. The van der Waals surface area contributed by atoms with Crippen LogP contribution >= 0.6 is 11.6 Å². The third kappa shape index (κ3) is 3.79. The Kier molecular flexibility index (Phi) is 5.16. The SMILES string of the molecule is C=CCOc1ccc(C2=NN3[C@H](C2)c2cc(Cl)ccc2O[C@H]3c2ccc(C)cc2)cc1. The van der Waals surface area contributed by atoms with E-state index in [2.05, 4.69) is 54.9 Å². The van der Waals surface area contributed by atoms with Gasteiger partial charge in [0.1, 0.15) is 18.1 Å². The molecule has 0 spiro atoms. The van der Waals surface area contributed by atoms with E-state index in [1.807, 2.05) is 30.3 Å². The molecule has 156 valence electrons. The molecule has 0 bridgehead atoms. The van der Waals surface area contributed by atoms with Gasteiger partial charge < -0.3 is 9.47 Å². The molecule has 5 rings (SSSR count). The lowest BCUT2D eigenvalue weighted by Gasteiger charge is -2.38. The zero-order valence-corrected chi connectivity index (χ0v) is 18.0. The number of hydrazone groups is 1. The summed E-state index contributed by atoms with van der Waals surface area (Å²) in [5.41, 5.74) is 5.46. The average Bonchev–Trinajstić information content (AvgIpc) is 3.24. The summed E-state index contributed by atoms with van der Waals surface area (Å²) in [7, 11) is 0. The molecule has 2 atom stereocenters. The van der Waals surface area contributed by atoms with E-state index in [0.717, 1.165) is 40.3 Å². The molecular formula is C26H23ClN2O2. The van der Waals surface area contributed by atoms with Crippen molar-refractivity contribution in [2.75, 3.05) is 6.61 Å². The maximum absolute atomic E-state index is 6.41. The van der Waals surface area contributed by atoms with E-state index >= 15 is 0 Å². The number of hydrogen-bond donors (Lipinski definition) is 0. The summed E-state index contributed by atoms with van der Waals surface area (Å²) < 4.78 is 12.0. The molecule has 0 aliphatic carbocycles. The molecular weight excluding hydrogens is 408 g/mol. The molecule has 2 aliphatic heterocycles. The maximum atomic E-state index is 6.41. The lowest BCUT2D eigenvalue weighted by Crippen LogP contribution is -2.33. The number of ether oxygens (including phenoxy) is 2. The van der Waals surface area contributed by atoms with Crippen molar-refractivity contribution in [1.29, 1.82) is 0 Å². The second kappa shape index (κ2) is 8.12. The molecule has 31 heavy (non-hydrogen) atoms. The number of benzene rings is 3. The Morgan fingerprint density at radius 3 is 2.65 bits per heavy atom. The molecule has 3 aromatic rings. The summed E-state index contributed by atoms with van der Waals surface area (Å²) in [5.74, 6) is 1.68. The Labute approximate surface area is 187 Å². The molecule has 0 saturated carbocycles. The largest absolute Gasteiger partial charge is 0.490 e. The van der Waals surface area contributed by atoms with Crippen LogP contribution in [0, 0.1) is 6.92 Å². The quantitative estimate of drug-likeness (QED) is 0.436. The number of fused-ring (bicyclic) bond motifs is 3. The van der Waals surface area contributed by atoms with E-state index in [-0.39, 0.29) is 12.3 Å². The van der Waals surface area contributed by atoms with E-state index in [1.165, 1.54) is 5.56 Å². The summed E-state index contributed by atoms with van der Waals surface area (Å²) in [6.45, 7) is 6.26. The van der Waals surface area contributed by atoms with Crippen LogP contribution in [0.5, 0.6) is 11.5 Å². The molecule has 0 amide bonds. The van der Waals surface area contributed by atoms with Gasteiger partial charge in [0.2, 0.25) is 6.23 Å². The van der Waals surface area contributed by atoms with E-state index in [9.17, 15) is 0 Å². The van der Waals surface area contributed by atoms with Gasteiger partial charge in [-0.15, -0.1) is 0 Å². The number of nitrogens with zero attached hydrogens (tertiary/aromatic N) is 2. The number of halogens is 1. The van der Waals surface area contributed by atoms with E-state index in [0.29, 0.717) is 11.6 Å². The van der Waals surface area contributed by atoms with Crippen molar-refractivity contribution in [2.24, 2.45) is 5.10 Å². The predicted molar refractivity (Wildman–Crippen MR) is 124 cm³/mol. The highest BCUT2D eigenvalue weighted by Crippen LogP contribution is 2.48. The third-order valence-corrected chi connectivity index (χ3v) is 5.90. The fraction of sp³-hybridized carbons (Fsp3) is 0.192. The van der Waals surface area contributed by atoms with Crippen LogP contribution < -0.4 is 9.47 Å². The highest BCUT2D eigenvalue weighted by atomic mass is 35.5. The van der Waals surface area contributed by atoms with Crippen molar-refractivity contribution < 1.29 is 9.47 Å². The van der Waals surface area contributed by atoms with Crippen molar-refractivity contribution in [3.63, 3.8) is 0 Å². The van der Waals surface area contributed by atoms with Crippen molar-refractivity contribution >= 4 is 17.3 Å². The van der Waals surface area contributed by atoms with Gasteiger partial charge >= 0.3 is 0 Å². The predicted octanol–water partition coefficient (Wildman–Crippen LogP) is 6.46. The lowest BCUT2D eigenvalue weighted by molar-refractivity contribution is -0.0190. The van der Waals surface area contributed by atoms with Crippen LogP contribution in [0.25, 0.3) is 0 Å². The Bertz CT molecular complexity index is 1140. The van der Waals surface area contributed by atoms with E-state index in [4.69, 9.17) is 26.2 Å². The Hall–Kier alpha value is -3.24. The fourth-order valence-corrected chi connectivity index (χ4v) is 4.26. The third-order valence-electron chi connectivity index (χ3n) is 5.67. The maximum Gasteiger partial charge on any atom is 0.213 e. The van der Waals surface area contributed by atoms with Gasteiger partial charge in [0.05, 0.1) is 11.8 Å². The van der Waals surface area contributed by atoms with Crippen LogP contribution in [0.1, 0.15) is 40.9 Å². The van der Waals surface area contributed by atoms with Gasteiger partial charge in [-0.2, -0.15) is 5.10 Å². The zero-order chi connectivity index (χ0) is 21.4. The number of rotatable bonds is 5. The second-order valence-electron chi connectivity index (χ2n) is 7.83. The summed E-state index contributed by atoms with van der Waals surface area (Å²) in [6.07, 6.45) is 2.24. The minimum atomic E-state index is -0.285. The highest BCUT2D eigenvalue weighted by Gasteiger charge is 2.41. The first-order chi connectivity index (χ1) is 15.1. The topological polar surface area (TPSA) is 34.1 Å². The molecule has 0 saturated heterocycles. The van der Waals surface area contributed by atoms with Crippen LogP contribution in [-0.4, -0.2) is 17.3 Å². The van der Waals surface area contributed by atoms with Crippen LogP contribution in [0.2, 0.25) is 5.02 Å². The smallest absolute Gasteiger partial charge is 0.213 e. The molecule has 0 radical (unpaired) electrons. The Morgan fingerprint density at radius 1 is 1.13 bits per heavy atom. The van der Waals surface area contributed by atoms with Gasteiger partial charge in [-0.3, -0.25) is 0 Å². The number of hydrogen-bond acceptors (Lipinski definition) is 4. The van der Waals surface area contributed by atoms with Gasteiger partial charge in [0.25, 0.3) is 0 Å². The lowest BCUT2D eigenvalue weighted by atomic mass is 9.96.